The number of anilines is 1. The fourth-order valence-electron chi connectivity index (χ4n) is 2.33. The summed E-state index contributed by atoms with van der Waals surface area (Å²) in [5, 5.41) is 12.7. The normalized spacial score (nSPS) is 15.3. The van der Waals surface area contributed by atoms with Crippen LogP contribution in [-0.4, -0.2) is 31.3 Å². The summed E-state index contributed by atoms with van der Waals surface area (Å²) in [6.07, 6.45) is 0. The summed E-state index contributed by atoms with van der Waals surface area (Å²) in [5.74, 6) is 0.0487. The Morgan fingerprint density at radius 3 is 2.68 bits per heavy atom. The molecular weight excluding hydrogens is 267 g/mol. The van der Waals surface area contributed by atoms with Crippen LogP contribution in [0, 0.1) is 6.92 Å². The van der Waals surface area contributed by atoms with Crippen molar-refractivity contribution < 1.29 is 61.2 Å². The van der Waals surface area contributed by atoms with E-state index in [-0.39, 0.29) is 57.1 Å². The van der Waals surface area contributed by atoms with Crippen LogP contribution in [0.1, 0.15) is 5.69 Å². The molecule has 1 aromatic heterocycles. The molecule has 0 bridgehead atoms. The van der Waals surface area contributed by atoms with Gasteiger partial charge in [0.1, 0.15) is 0 Å². The monoisotopic (exact) mass is 282 g/mol. The maximum Gasteiger partial charge on any atom is 1.00 e. The molecule has 4 nitrogen and oxygen atoms in total. The van der Waals surface area contributed by atoms with Gasteiger partial charge in [-0.1, -0.05) is 5.75 Å². The molecule has 1 aliphatic heterocycles. The molecule has 0 unspecified atom stereocenters. The summed E-state index contributed by atoms with van der Waals surface area (Å²) in [5.41, 5.74) is 2.62. The number of hydrogen-bond donors (Lipinski definition) is 0. The van der Waals surface area contributed by atoms with Crippen molar-refractivity contribution in [3.8, 4) is 5.75 Å². The second-order valence-electron chi connectivity index (χ2n) is 4.56. The quantitative estimate of drug-likeness (QED) is 0.595. The number of pyridine rings is 1. The minimum atomic E-state index is 0. The molecule has 0 aliphatic carbocycles. The first-order chi connectivity index (χ1) is 8.74. The van der Waals surface area contributed by atoms with Gasteiger partial charge in [-0.05, 0) is 36.6 Å². The van der Waals surface area contributed by atoms with E-state index in [1.807, 2.05) is 25.1 Å². The van der Waals surface area contributed by atoms with Crippen molar-refractivity contribution in [1.29, 1.82) is 0 Å². The van der Waals surface area contributed by atoms with Crippen molar-refractivity contribution in [1.82, 2.24) is 4.98 Å². The summed E-state index contributed by atoms with van der Waals surface area (Å²) >= 11 is 0. The van der Waals surface area contributed by atoms with Crippen LogP contribution in [-0.2, 0) is 4.74 Å². The van der Waals surface area contributed by atoms with Crippen LogP contribution in [0.3, 0.4) is 0 Å². The Bertz CT molecular complexity index is 583. The predicted octanol–water partition coefficient (Wildman–Crippen LogP) is -1.54. The van der Waals surface area contributed by atoms with Gasteiger partial charge >= 0.3 is 51.4 Å². The van der Waals surface area contributed by atoms with Gasteiger partial charge in [-0.2, -0.15) is 0 Å². The number of hydrogen-bond acceptors (Lipinski definition) is 4. The number of nitrogens with zero attached hydrogens (tertiary/aromatic N) is 2. The van der Waals surface area contributed by atoms with Gasteiger partial charge in [0.2, 0.25) is 0 Å². The Hall–Kier alpha value is -0.174. The Labute approximate surface area is 155 Å². The zero-order chi connectivity index (χ0) is 12.5. The van der Waals surface area contributed by atoms with Crippen molar-refractivity contribution in [3.05, 3.63) is 30.0 Å². The summed E-state index contributed by atoms with van der Waals surface area (Å²) < 4.78 is 5.33. The molecule has 0 N–H and O–H groups in total. The average Bonchev–Trinajstić information content (AvgIpc) is 2.39. The Balaban J connectivity index is 0.00000133. The standard InChI is InChI=1S/C14H16N2O2.K/c1-10-8-14(17)12-9-11(2-3-13(12)15-10)16-4-6-18-7-5-16;/h2-3,8-9H,4-7H2,1H3,(H,15,17);/q;+1/p-1. The van der Waals surface area contributed by atoms with Crippen molar-refractivity contribution in [2.24, 2.45) is 0 Å². The van der Waals surface area contributed by atoms with E-state index in [1.54, 1.807) is 6.07 Å². The SMILES string of the molecule is Cc1cc([O-])c2cc(N3CCOCC3)ccc2n1.[K+]. The molecule has 1 aromatic carbocycles. The van der Waals surface area contributed by atoms with E-state index in [4.69, 9.17) is 4.74 Å². The van der Waals surface area contributed by atoms with Gasteiger partial charge in [0.15, 0.2) is 0 Å². The maximum absolute atomic E-state index is 12.0. The molecule has 0 spiro atoms. The first-order valence-corrected chi connectivity index (χ1v) is 6.15. The zero-order valence-electron chi connectivity index (χ0n) is 11.3. The van der Waals surface area contributed by atoms with Crippen molar-refractivity contribution in [2.75, 3.05) is 31.2 Å². The fraction of sp³-hybridized carbons (Fsp3) is 0.357. The van der Waals surface area contributed by atoms with Gasteiger partial charge in [-0.3, -0.25) is 4.98 Å². The molecule has 1 aliphatic rings. The van der Waals surface area contributed by atoms with Gasteiger partial charge in [-0.15, -0.1) is 0 Å². The molecule has 5 heteroatoms. The number of rotatable bonds is 1. The first-order valence-electron chi connectivity index (χ1n) is 6.15. The third-order valence-electron chi connectivity index (χ3n) is 3.26. The molecule has 0 amide bonds. The second kappa shape index (κ2) is 6.52. The Morgan fingerprint density at radius 2 is 1.95 bits per heavy atom. The zero-order valence-corrected chi connectivity index (χ0v) is 14.5. The Morgan fingerprint density at radius 1 is 1.21 bits per heavy atom. The van der Waals surface area contributed by atoms with E-state index in [0.29, 0.717) is 5.39 Å². The predicted molar refractivity (Wildman–Crippen MR) is 69.0 cm³/mol. The molecule has 1 fully saturated rings. The number of ether oxygens (including phenoxy) is 1. The van der Waals surface area contributed by atoms with E-state index >= 15 is 0 Å². The smallest absolute Gasteiger partial charge is 0.872 e. The van der Waals surface area contributed by atoms with E-state index in [1.165, 1.54) is 0 Å². The fourth-order valence-corrected chi connectivity index (χ4v) is 2.33. The first kappa shape index (κ1) is 15.2. The average molecular weight is 282 g/mol. The van der Waals surface area contributed by atoms with Gasteiger partial charge in [-0.25, -0.2) is 0 Å². The molecule has 1 saturated heterocycles. The van der Waals surface area contributed by atoms with Crippen LogP contribution < -0.4 is 61.4 Å². The molecule has 0 saturated carbocycles. The van der Waals surface area contributed by atoms with Crippen LogP contribution >= 0.6 is 0 Å². The van der Waals surface area contributed by atoms with E-state index in [0.717, 1.165) is 43.2 Å². The van der Waals surface area contributed by atoms with Crippen LogP contribution in [0.25, 0.3) is 10.9 Å². The van der Waals surface area contributed by atoms with Crippen LogP contribution in [0.15, 0.2) is 24.3 Å². The van der Waals surface area contributed by atoms with Gasteiger partial charge in [0.25, 0.3) is 0 Å². The molecule has 0 atom stereocenters. The molecule has 19 heavy (non-hydrogen) atoms. The van der Waals surface area contributed by atoms with E-state index < -0.39 is 0 Å². The number of benzene rings is 1. The topological polar surface area (TPSA) is 48.4 Å². The second-order valence-corrected chi connectivity index (χ2v) is 4.56. The molecular formula is C14H15KN2O2. The number of aromatic nitrogens is 1. The molecule has 2 heterocycles. The van der Waals surface area contributed by atoms with Crippen LogP contribution in [0.2, 0.25) is 0 Å². The number of morpholine rings is 1. The molecule has 94 valence electrons. The summed E-state index contributed by atoms with van der Waals surface area (Å²) in [6, 6.07) is 7.48. The van der Waals surface area contributed by atoms with Crippen molar-refractivity contribution in [2.45, 2.75) is 6.92 Å². The van der Waals surface area contributed by atoms with Crippen LogP contribution in [0.5, 0.6) is 5.75 Å². The summed E-state index contributed by atoms with van der Waals surface area (Å²) in [6.45, 7) is 5.08. The largest absolute Gasteiger partial charge is 1.00 e. The summed E-state index contributed by atoms with van der Waals surface area (Å²) in [4.78, 5) is 6.62. The molecule has 2 aromatic rings. The Kier molecular flexibility index (Phi) is 5.22. The molecule has 0 radical (unpaired) electrons. The van der Waals surface area contributed by atoms with Gasteiger partial charge in [0.05, 0.1) is 18.7 Å². The third kappa shape index (κ3) is 3.29. The number of fused-ring (bicyclic) bond motifs is 1. The minimum absolute atomic E-state index is 0. The minimum Gasteiger partial charge on any atom is -0.872 e. The van der Waals surface area contributed by atoms with Crippen LogP contribution in [0.4, 0.5) is 5.69 Å². The van der Waals surface area contributed by atoms with Gasteiger partial charge < -0.3 is 14.7 Å². The number of aryl methyl sites for hydroxylation is 1. The van der Waals surface area contributed by atoms with Crippen molar-refractivity contribution in [3.63, 3.8) is 0 Å². The molecule has 3 rings (SSSR count). The van der Waals surface area contributed by atoms with E-state index in [2.05, 4.69) is 9.88 Å². The van der Waals surface area contributed by atoms with Gasteiger partial charge in [0, 0.05) is 24.5 Å². The van der Waals surface area contributed by atoms with Crippen molar-refractivity contribution >= 4 is 16.6 Å². The maximum atomic E-state index is 12.0. The third-order valence-corrected chi connectivity index (χ3v) is 3.26. The van der Waals surface area contributed by atoms with E-state index in [9.17, 15) is 5.11 Å². The summed E-state index contributed by atoms with van der Waals surface area (Å²) in [7, 11) is 0.